The fraction of sp³-hybridized carbons (Fsp3) is 1.00. The summed E-state index contributed by atoms with van der Waals surface area (Å²) in [4.78, 5) is 0. The molecule has 1 fully saturated rings. The molecule has 1 unspecified atom stereocenters. The Morgan fingerprint density at radius 3 is 2.85 bits per heavy atom. The molecule has 1 saturated carbocycles. The first-order valence-corrected chi connectivity index (χ1v) is 5.64. The van der Waals surface area contributed by atoms with Gasteiger partial charge in [-0.1, -0.05) is 12.8 Å². The van der Waals surface area contributed by atoms with Gasteiger partial charge in [0, 0.05) is 12.6 Å². The highest BCUT2D eigenvalue weighted by molar-refractivity contribution is 4.73. The van der Waals surface area contributed by atoms with Gasteiger partial charge in [0.15, 0.2) is 0 Å². The topological polar surface area (TPSA) is 21.3 Å². The van der Waals surface area contributed by atoms with Crippen LogP contribution in [0.3, 0.4) is 0 Å². The van der Waals surface area contributed by atoms with E-state index in [0.29, 0.717) is 6.04 Å². The van der Waals surface area contributed by atoms with Crippen LogP contribution in [0, 0.1) is 5.92 Å². The zero-order valence-electron chi connectivity index (χ0n) is 9.01. The van der Waals surface area contributed by atoms with Crippen molar-refractivity contribution in [3.63, 3.8) is 0 Å². The molecule has 0 aromatic carbocycles. The van der Waals surface area contributed by atoms with Crippen molar-refractivity contribution in [2.75, 3.05) is 19.8 Å². The summed E-state index contributed by atoms with van der Waals surface area (Å²) < 4.78 is 5.32. The predicted octanol–water partition coefficient (Wildman–Crippen LogP) is 2.19. The SMILES string of the molecule is CCOCC(C)NCCCC1CC1. The van der Waals surface area contributed by atoms with E-state index in [2.05, 4.69) is 12.2 Å². The van der Waals surface area contributed by atoms with Crippen LogP contribution < -0.4 is 5.32 Å². The van der Waals surface area contributed by atoms with Gasteiger partial charge in [0.2, 0.25) is 0 Å². The second-order valence-electron chi connectivity index (χ2n) is 4.10. The molecular formula is C11H23NO. The number of hydrogen-bond acceptors (Lipinski definition) is 2. The van der Waals surface area contributed by atoms with Gasteiger partial charge in [-0.2, -0.15) is 0 Å². The summed E-state index contributed by atoms with van der Waals surface area (Å²) >= 11 is 0. The maximum absolute atomic E-state index is 5.32. The Morgan fingerprint density at radius 1 is 1.46 bits per heavy atom. The Morgan fingerprint density at radius 2 is 2.23 bits per heavy atom. The third-order valence-electron chi connectivity index (χ3n) is 2.55. The Bertz CT molecular complexity index is 123. The first-order valence-electron chi connectivity index (χ1n) is 5.64. The van der Waals surface area contributed by atoms with Crippen molar-refractivity contribution in [2.45, 2.75) is 45.6 Å². The van der Waals surface area contributed by atoms with E-state index in [4.69, 9.17) is 4.74 Å². The fourth-order valence-corrected chi connectivity index (χ4v) is 1.50. The second-order valence-corrected chi connectivity index (χ2v) is 4.10. The summed E-state index contributed by atoms with van der Waals surface area (Å²) in [6.07, 6.45) is 5.72. The van der Waals surface area contributed by atoms with Gasteiger partial charge in [-0.05, 0) is 39.2 Å². The molecule has 0 radical (unpaired) electrons. The summed E-state index contributed by atoms with van der Waals surface area (Å²) in [5, 5.41) is 3.48. The van der Waals surface area contributed by atoms with Crippen LogP contribution in [-0.4, -0.2) is 25.8 Å². The van der Waals surface area contributed by atoms with Crippen LogP contribution >= 0.6 is 0 Å². The first-order chi connectivity index (χ1) is 6.33. The molecule has 0 heterocycles. The summed E-state index contributed by atoms with van der Waals surface area (Å²) in [6.45, 7) is 7.06. The summed E-state index contributed by atoms with van der Waals surface area (Å²) in [5.74, 6) is 1.07. The fourth-order valence-electron chi connectivity index (χ4n) is 1.50. The molecule has 0 bridgehead atoms. The molecule has 0 aromatic rings. The molecule has 0 amide bonds. The smallest absolute Gasteiger partial charge is 0.0616 e. The van der Waals surface area contributed by atoms with Crippen LogP contribution in [0.25, 0.3) is 0 Å². The van der Waals surface area contributed by atoms with E-state index in [1.54, 1.807) is 0 Å². The van der Waals surface area contributed by atoms with Gasteiger partial charge in [0.25, 0.3) is 0 Å². The van der Waals surface area contributed by atoms with Gasteiger partial charge >= 0.3 is 0 Å². The van der Waals surface area contributed by atoms with Gasteiger partial charge in [0.1, 0.15) is 0 Å². The van der Waals surface area contributed by atoms with E-state index in [1.165, 1.54) is 25.7 Å². The van der Waals surface area contributed by atoms with Crippen LogP contribution in [0.2, 0.25) is 0 Å². The average Bonchev–Trinajstić information content (AvgIpc) is 2.92. The highest BCUT2D eigenvalue weighted by Crippen LogP contribution is 2.33. The van der Waals surface area contributed by atoms with E-state index < -0.39 is 0 Å². The third-order valence-corrected chi connectivity index (χ3v) is 2.55. The second kappa shape index (κ2) is 6.39. The van der Waals surface area contributed by atoms with Crippen molar-refractivity contribution in [1.82, 2.24) is 5.32 Å². The lowest BCUT2D eigenvalue weighted by Gasteiger charge is -2.12. The van der Waals surface area contributed by atoms with E-state index in [1.807, 2.05) is 6.92 Å². The van der Waals surface area contributed by atoms with Crippen molar-refractivity contribution >= 4 is 0 Å². The number of rotatable bonds is 8. The minimum Gasteiger partial charge on any atom is -0.380 e. The normalized spacial score (nSPS) is 18.9. The van der Waals surface area contributed by atoms with Crippen molar-refractivity contribution < 1.29 is 4.74 Å². The van der Waals surface area contributed by atoms with Gasteiger partial charge in [-0.3, -0.25) is 0 Å². The van der Waals surface area contributed by atoms with Crippen LogP contribution in [0.5, 0.6) is 0 Å². The van der Waals surface area contributed by atoms with Crippen LogP contribution in [0.4, 0.5) is 0 Å². The molecular weight excluding hydrogens is 162 g/mol. The zero-order valence-corrected chi connectivity index (χ0v) is 9.01. The Hall–Kier alpha value is -0.0800. The zero-order chi connectivity index (χ0) is 9.52. The Labute approximate surface area is 82.0 Å². The van der Waals surface area contributed by atoms with E-state index >= 15 is 0 Å². The maximum atomic E-state index is 5.32. The molecule has 2 heteroatoms. The van der Waals surface area contributed by atoms with Crippen LogP contribution in [0.1, 0.15) is 39.5 Å². The monoisotopic (exact) mass is 185 g/mol. The molecule has 1 N–H and O–H groups in total. The molecule has 13 heavy (non-hydrogen) atoms. The largest absolute Gasteiger partial charge is 0.380 e. The quantitative estimate of drug-likeness (QED) is 0.585. The van der Waals surface area contributed by atoms with Gasteiger partial charge in [-0.15, -0.1) is 0 Å². The van der Waals surface area contributed by atoms with Crippen LogP contribution in [-0.2, 0) is 4.74 Å². The molecule has 1 aliphatic rings. The Balaban J connectivity index is 1.79. The molecule has 78 valence electrons. The number of ether oxygens (including phenoxy) is 1. The Kier molecular flexibility index (Phi) is 5.40. The summed E-state index contributed by atoms with van der Waals surface area (Å²) in [5.41, 5.74) is 0. The van der Waals surface area contributed by atoms with Gasteiger partial charge in [0.05, 0.1) is 6.61 Å². The van der Waals surface area contributed by atoms with E-state index in [0.717, 1.165) is 25.7 Å². The number of nitrogens with one attached hydrogen (secondary N) is 1. The van der Waals surface area contributed by atoms with Gasteiger partial charge in [-0.25, -0.2) is 0 Å². The third kappa shape index (κ3) is 6.05. The molecule has 0 spiro atoms. The predicted molar refractivity (Wildman–Crippen MR) is 55.9 cm³/mol. The highest BCUT2D eigenvalue weighted by atomic mass is 16.5. The lowest BCUT2D eigenvalue weighted by atomic mass is 10.2. The van der Waals surface area contributed by atoms with Gasteiger partial charge < -0.3 is 10.1 Å². The molecule has 1 rings (SSSR count). The molecule has 0 aromatic heterocycles. The highest BCUT2D eigenvalue weighted by Gasteiger charge is 2.19. The minimum absolute atomic E-state index is 0.513. The number of hydrogen-bond donors (Lipinski definition) is 1. The molecule has 1 aliphatic carbocycles. The lowest BCUT2D eigenvalue weighted by Crippen LogP contribution is -2.31. The van der Waals surface area contributed by atoms with Crippen molar-refractivity contribution in [3.8, 4) is 0 Å². The van der Waals surface area contributed by atoms with Crippen molar-refractivity contribution in [3.05, 3.63) is 0 Å². The maximum Gasteiger partial charge on any atom is 0.0616 e. The minimum atomic E-state index is 0.513. The van der Waals surface area contributed by atoms with E-state index in [-0.39, 0.29) is 0 Å². The molecule has 1 atom stereocenters. The summed E-state index contributed by atoms with van der Waals surface area (Å²) in [7, 11) is 0. The lowest BCUT2D eigenvalue weighted by molar-refractivity contribution is 0.127. The van der Waals surface area contributed by atoms with E-state index in [9.17, 15) is 0 Å². The first kappa shape index (κ1) is 11.0. The van der Waals surface area contributed by atoms with Crippen molar-refractivity contribution in [2.24, 2.45) is 5.92 Å². The molecule has 0 saturated heterocycles. The standard InChI is InChI=1S/C11H23NO/c1-3-13-9-10(2)12-8-4-5-11-6-7-11/h10-12H,3-9H2,1-2H3. The van der Waals surface area contributed by atoms with Crippen molar-refractivity contribution in [1.29, 1.82) is 0 Å². The van der Waals surface area contributed by atoms with Crippen LogP contribution in [0.15, 0.2) is 0 Å². The average molecular weight is 185 g/mol. The summed E-state index contributed by atoms with van der Waals surface area (Å²) in [6, 6.07) is 0.513. The molecule has 2 nitrogen and oxygen atoms in total. The molecule has 0 aliphatic heterocycles.